The van der Waals surface area contributed by atoms with Gasteiger partial charge in [0, 0.05) is 13.1 Å². The zero-order valence-corrected chi connectivity index (χ0v) is 29.3. The molecule has 0 aromatic heterocycles. The topological polar surface area (TPSA) is 74.8 Å². The summed E-state index contributed by atoms with van der Waals surface area (Å²) >= 11 is 0. The van der Waals surface area contributed by atoms with Gasteiger partial charge in [-0.15, -0.1) is 0 Å². The Bertz CT molecular complexity index is 2130. The monoisotopic (exact) mass is 698 g/mol. The van der Waals surface area contributed by atoms with Crippen molar-refractivity contribution in [2.75, 3.05) is 22.9 Å². The number of para-hydroxylation sites is 4. The van der Waals surface area contributed by atoms with Crippen LogP contribution in [0.3, 0.4) is 0 Å². The number of anilines is 4. The Balaban J connectivity index is 1.26. The lowest BCUT2D eigenvalue weighted by atomic mass is 10.2. The molecule has 2 heterocycles. The maximum Gasteiger partial charge on any atom is 0.210 e. The van der Waals surface area contributed by atoms with Crippen LogP contribution in [0.2, 0.25) is 12.1 Å². The fourth-order valence-corrected chi connectivity index (χ4v) is 15.5. The molecule has 0 saturated carbocycles. The lowest BCUT2D eigenvalue weighted by molar-refractivity contribution is 0.592. The Morgan fingerprint density at radius 2 is 0.633 bits per heavy atom. The van der Waals surface area contributed by atoms with E-state index in [-0.39, 0.29) is 0 Å². The third kappa shape index (κ3) is 5.11. The third-order valence-corrected chi connectivity index (χ3v) is 18.7. The maximum atomic E-state index is 13.7. The number of benzene rings is 6. The van der Waals surface area contributed by atoms with E-state index in [0.29, 0.717) is 55.4 Å². The molecule has 2 aliphatic heterocycles. The van der Waals surface area contributed by atoms with E-state index in [2.05, 4.69) is 58.3 Å². The summed E-state index contributed by atoms with van der Waals surface area (Å²) in [5.41, 5.74) is 2.76. The van der Waals surface area contributed by atoms with Crippen LogP contribution in [0, 0.1) is 0 Å². The van der Waals surface area contributed by atoms with Gasteiger partial charge in [-0.05, 0) is 60.6 Å². The zero-order valence-electron chi connectivity index (χ0n) is 26.7. The van der Waals surface area contributed by atoms with Gasteiger partial charge in [-0.1, -0.05) is 120 Å². The Hall–Kier alpha value is -4.96. The SMILES string of the molecule is O=S1(=O)c2ccccc2N(CC[Si](CCN2c3ccccc3S(=O)(=O)c3ccccc32)(c2ccccc2)c2ccccc2)c2ccccc21. The molecule has 0 unspecified atom stereocenters. The second kappa shape index (κ2) is 12.2. The lowest BCUT2D eigenvalue weighted by Gasteiger charge is -2.40. The third-order valence-electron chi connectivity index (χ3n) is 9.96. The number of fused-ring (bicyclic) bond motifs is 4. The van der Waals surface area contributed by atoms with E-state index in [9.17, 15) is 16.8 Å². The highest BCUT2D eigenvalue weighted by atomic mass is 32.2. The van der Waals surface area contributed by atoms with Crippen molar-refractivity contribution < 1.29 is 16.8 Å². The van der Waals surface area contributed by atoms with Crippen molar-refractivity contribution >= 4 is 60.9 Å². The molecule has 0 atom stereocenters. The van der Waals surface area contributed by atoms with Gasteiger partial charge in [0.05, 0.1) is 42.3 Å². The van der Waals surface area contributed by atoms with E-state index >= 15 is 0 Å². The minimum absolute atomic E-state index is 0.322. The van der Waals surface area contributed by atoms with E-state index in [1.54, 1.807) is 48.5 Å². The molecule has 6 nitrogen and oxygen atoms in total. The summed E-state index contributed by atoms with van der Waals surface area (Å²) in [7, 11) is -9.99. The molecular weight excluding hydrogens is 665 g/mol. The predicted octanol–water partition coefficient (Wildman–Crippen LogP) is 7.22. The molecule has 0 bridgehead atoms. The van der Waals surface area contributed by atoms with Crippen LogP contribution in [-0.2, 0) is 19.7 Å². The van der Waals surface area contributed by atoms with E-state index in [0.717, 1.165) is 12.1 Å². The average Bonchev–Trinajstić information content (AvgIpc) is 3.15. The van der Waals surface area contributed by atoms with E-state index < -0.39 is 27.7 Å². The van der Waals surface area contributed by atoms with Crippen LogP contribution in [0.4, 0.5) is 22.7 Å². The summed E-state index contributed by atoms with van der Waals surface area (Å²) in [4.78, 5) is 5.65. The van der Waals surface area contributed by atoms with Gasteiger partial charge in [-0.2, -0.15) is 0 Å². The molecule has 49 heavy (non-hydrogen) atoms. The Kier molecular flexibility index (Phi) is 7.78. The summed E-state index contributed by atoms with van der Waals surface area (Å²) in [5.74, 6) is 0. The van der Waals surface area contributed by atoms with Crippen molar-refractivity contribution in [3.8, 4) is 0 Å². The summed E-state index contributed by atoms with van der Waals surface area (Å²) in [6.45, 7) is 1.20. The van der Waals surface area contributed by atoms with Crippen molar-refractivity contribution in [3.05, 3.63) is 158 Å². The van der Waals surface area contributed by atoms with Crippen molar-refractivity contribution in [1.82, 2.24) is 0 Å². The van der Waals surface area contributed by atoms with Gasteiger partial charge in [0.25, 0.3) is 0 Å². The molecular formula is C40H34N2O4S2Si. The largest absolute Gasteiger partial charge is 0.340 e. The molecule has 0 spiro atoms. The fraction of sp³-hybridized carbons (Fsp3) is 0.100. The van der Waals surface area contributed by atoms with Gasteiger partial charge in [0.2, 0.25) is 19.7 Å². The number of rotatable bonds is 8. The van der Waals surface area contributed by atoms with Crippen LogP contribution in [0.25, 0.3) is 0 Å². The minimum Gasteiger partial charge on any atom is -0.340 e. The van der Waals surface area contributed by atoms with Crippen LogP contribution in [0.15, 0.2) is 177 Å². The minimum atomic E-state index is -3.67. The summed E-state index contributed by atoms with van der Waals surface area (Å²) in [6, 6.07) is 52.1. The number of hydrogen-bond acceptors (Lipinski definition) is 6. The van der Waals surface area contributed by atoms with Crippen LogP contribution in [0.1, 0.15) is 0 Å². The molecule has 9 heteroatoms. The first kappa shape index (κ1) is 31.3. The standard InChI is InChI=1S/C40H34N2O4S2Si/c43-47(44)37-23-11-7-19-33(37)41(34-20-8-12-24-38(34)47)27-29-49(31-15-3-1-4-16-31,32-17-5-2-6-18-32)30-28-42-35-21-9-13-25-39(35)48(45,46)40-26-14-10-22-36(40)42/h1-26H,27-30H2. The molecule has 6 aromatic carbocycles. The smallest absolute Gasteiger partial charge is 0.210 e. The van der Waals surface area contributed by atoms with Crippen LogP contribution >= 0.6 is 0 Å². The Morgan fingerprint density at radius 3 is 0.939 bits per heavy atom. The van der Waals surface area contributed by atoms with Gasteiger partial charge in [0.15, 0.2) is 0 Å². The van der Waals surface area contributed by atoms with Crippen molar-refractivity contribution in [2.45, 2.75) is 31.7 Å². The first-order chi connectivity index (χ1) is 23.8. The molecule has 8 rings (SSSR count). The quantitative estimate of drug-likeness (QED) is 0.156. The van der Waals surface area contributed by atoms with Crippen LogP contribution in [0.5, 0.6) is 0 Å². The van der Waals surface area contributed by atoms with Crippen molar-refractivity contribution in [3.63, 3.8) is 0 Å². The Labute approximate surface area is 288 Å². The van der Waals surface area contributed by atoms with Gasteiger partial charge < -0.3 is 9.80 Å². The number of nitrogens with zero attached hydrogens (tertiary/aromatic N) is 2. The Morgan fingerprint density at radius 1 is 0.367 bits per heavy atom. The first-order valence-corrected chi connectivity index (χ1v) is 21.7. The first-order valence-electron chi connectivity index (χ1n) is 16.3. The van der Waals surface area contributed by atoms with Gasteiger partial charge in [-0.3, -0.25) is 0 Å². The van der Waals surface area contributed by atoms with Gasteiger partial charge in [0.1, 0.15) is 8.07 Å². The molecule has 0 amide bonds. The second-order valence-electron chi connectivity index (χ2n) is 12.5. The van der Waals surface area contributed by atoms with E-state index in [1.807, 2.05) is 60.7 Å². The highest BCUT2D eigenvalue weighted by molar-refractivity contribution is 7.92. The molecule has 0 aliphatic carbocycles. The molecule has 2 aliphatic rings. The molecule has 6 aromatic rings. The van der Waals surface area contributed by atoms with E-state index in [4.69, 9.17) is 0 Å². The fourth-order valence-electron chi connectivity index (χ4n) is 7.60. The second-order valence-corrected chi connectivity index (χ2v) is 20.6. The number of sulfone groups is 2. The van der Waals surface area contributed by atoms with Gasteiger partial charge in [-0.25, -0.2) is 16.8 Å². The van der Waals surface area contributed by atoms with Crippen molar-refractivity contribution in [1.29, 1.82) is 0 Å². The lowest BCUT2D eigenvalue weighted by Crippen LogP contribution is -2.60. The zero-order chi connectivity index (χ0) is 33.6. The molecule has 0 fully saturated rings. The maximum absolute atomic E-state index is 13.7. The molecule has 0 N–H and O–H groups in total. The van der Waals surface area contributed by atoms with E-state index in [1.165, 1.54) is 10.4 Å². The average molecular weight is 699 g/mol. The predicted molar refractivity (Wildman–Crippen MR) is 198 cm³/mol. The number of hydrogen-bond donors (Lipinski definition) is 0. The molecule has 0 saturated heterocycles. The summed E-state index contributed by atoms with van der Waals surface area (Å²) < 4.78 is 55.0. The highest BCUT2D eigenvalue weighted by Gasteiger charge is 2.41. The molecule has 0 radical (unpaired) electrons. The van der Waals surface area contributed by atoms with Crippen LogP contribution < -0.4 is 20.2 Å². The molecule has 244 valence electrons. The normalized spacial score (nSPS) is 15.4. The van der Waals surface area contributed by atoms with Crippen molar-refractivity contribution in [2.24, 2.45) is 0 Å². The van der Waals surface area contributed by atoms with Gasteiger partial charge >= 0.3 is 0 Å². The summed E-state index contributed by atoms with van der Waals surface area (Å²) in [6.07, 6.45) is 0. The van der Waals surface area contributed by atoms with Crippen LogP contribution in [-0.4, -0.2) is 38.0 Å². The summed E-state index contributed by atoms with van der Waals surface area (Å²) in [5, 5.41) is 2.55. The highest BCUT2D eigenvalue weighted by Crippen LogP contribution is 2.46.